The predicted octanol–water partition coefficient (Wildman–Crippen LogP) is 1.26. The molecule has 1 heterocycles. The maximum absolute atomic E-state index is 12.2. The van der Waals surface area contributed by atoms with E-state index < -0.39 is 0 Å². The Bertz CT molecular complexity index is 562. The van der Waals surface area contributed by atoms with Crippen molar-refractivity contribution in [3.05, 3.63) is 34.9 Å². The van der Waals surface area contributed by atoms with E-state index in [1.807, 2.05) is 12.1 Å². The lowest BCUT2D eigenvalue weighted by Gasteiger charge is -2.32. The number of hydrogen-bond acceptors (Lipinski definition) is 4. The van der Waals surface area contributed by atoms with Crippen molar-refractivity contribution in [2.24, 2.45) is 0 Å². The second-order valence-electron chi connectivity index (χ2n) is 5.98. The molecule has 2 amide bonds. The zero-order valence-corrected chi connectivity index (χ0v) is 14.7. The van der Waals surface area contributed by atoms with Gasteiger partial charge in [0.25, 0.3) is 0 Å². The molecular formula is C17H23ClN2O4. The number of likely N-dealkylation sites (N-methyl/N-ethyl adjacent to an activating group) is 1. The first-order valence-corrected chi connectivity index (χ1v) is 8.27. The van der Waals surface area contributed by atoms with Gasteiger partial charge in [0.05, 0.1) is 25.2 Å². The highest BCUT2D eigenvalue weighted by Gasteiger charge is 2.28. The molecule has 1 fully saturated rings. The molecule has 0 aliphatic carbocycles. The fourth-order valence-corrected chi connectivity index (χ4v) is 2.53. The van der Waals surface area contributed by atoms with Crippen LogP contribution in [0.4, 0.5) is 0 Å². The third kappa shape index (κ3) is 5.78. The average molecular weight is 355 g/mol. The summed E-state index contributed by atoms with van der Waals surface area (Å²) in [7, 11) is 3.36. The minimum atomic E-state index is -0.256. The summed E-state index contributed by atoms with van der Waals surface area (Å²) in [6, 6.07) is 6.90. The van der Waals surface area contributed by atoms with Crippen molar-refractivity contribution in [3.63, 3.8) is 0 Å². The van der Waals surface area contributed by atoms with Crippen LogP contribution in [0.25, 0.3) is 0 Å². The second kappa shape index (κ2) is 9.01. The smallest absolute Gasteiger partial charge is 0.248 e. The van der Waals surface area contributed by atoms with Gasteiger partial charge >= 0.3 is 0 Å². The van der Waals surface area contributed by atoms with Crippen LogP contribution in [-0.4, -0.2) is 62.8 Å². The lowest BCUT2D eigenvalue weighted by atomic mass is 10.1. The molecule has 1 saturated heterocycles. The molecule has 1 N–H and O–H groups in total. The average Bonchev–Trinajstić information content (AvgIpc) is 2.55. The van der Waals surface area contributed by atoms with Crippen molar-refractivity contribution in [2.45, 2.75) is 25.0 Å². The summed E-state index contributed by atoms with van der Waals surface area (Å²) in [6.45, 7) is 0.943. The van der Waals surface area contributed by atoms with Crippen molar-refractivity contribution >= 4 is 23.4 Å². The van der Waals surface area contributed by atoms with Crippen molar-refractivity contribution < 1.29 is 19.1 Å². The Hall–Kier alpha value is -1.63. The first kappa shape index (κ1) is 18.7. The Labute approximate surface area is 147 Å². The molecule has 0 unspecified atom stereocenters. The molecule has 1 aromatic carbocycles. The first-order valence-electron chi connectivity index (χ1n) is 7.89. The van der Waals surface area contributed by atoms with Crippen LogP contribution in [0.1, 0.15) is 12.0 Å². The fraction of sp³-hybridized carbons (Fsp3) is 0.529. The molecular weight excluding hydrogens is 332 g/mol. The lowest BCUT2D eigenvalue weighted by molar-refractivity contribution is -0.140. The molecule has 6 nitrogen and oxygen atoms in total. The Morgan fingerprint density at radius 1 is 1.33 bits per heavy atom. The molecule has 0 spiro atoms. The van der Waals surface area contributed by atoms with E-state index in [1.54, 1.807) is 26.2 Å². The molecule has 7 heteroatoms. The Morgan fingerprint density at radius 2 is 2.04 bits per heavy atom. The number of rotatable bonds is 6. The highest BCUT2D eigenvalue weighted by molar-refractivity contribution is 6.30. The highest BCUT2D eigenvalue weighted by Crippen LogP contribution is 2.13. The van der Waals surface area contributed by atoms with Crippen molar-refractivity contribution in [3.8, 4) is 0 Å². The quantitative estimate of drug-likeness (QED) is 0.835. The van der Waals surface area contributed by atoms with Crippen LogP contribution < -0.4 is 5.32 Å². The van der Waals surface area contributed by atoms with Crippen LogP contribution in [0.15, 0.2) is 24.3 Å². The number of ether oxygens (including phenoxy) is 2. The third-order valence-electron chi connectivity index (χ3n) is 3.84. The van der Waals surface area contributed by atoms with Gasteiger partial charge in [-0.1, -0.05) is 23.7 Å². The molecule has 132 valence electrons. The predicted molar refractivity (Wildman–Crippen MR) is 91.0 cm³/mol. The third-order valence-corrected chi connectivity index (χ3v) is 4.09. The molecule has 0 radical (unpaired) electrons. The van der Waals surface area contributed by atoms with Crippen LogP contribution in [0.2, 0.25) is 5.02 Å². The van der Waals surface area contributed by atoms with Crippen LogP contribution in [0, 0.1) is 0 Å². The lowest BCUT2D eigenvalue weighted by Crippen LogP contribution is -2.51. The van der Waals surface area contributed by atoms with Crippen LogP contribution in [0.3, 0.4) is 0 Å². The maximum Gasteiger partial charge on any atom is 0.248 e. The van der Waals surface area contributed by atoms with Crippen molar-refractivity contribution in [2.75, 3.05) is 33.9 Å². The summed E-state index contributed by atoms with van der Waals surface area (Å²) < 4.78 is 11.1. The van der Waals surface area contributed by atoms with Gasteiger partial charge in [-0.25, -0.2) is 0 Å². The molecule has 0 bridgehead atoms. The molecule has 1 aliphatic rings. The summed E-state index contributed by atoms with van der Waals surface area (Å²) in [5.74, 6) is -0.215. The zero-order valence-electron chi connectivity index (χ0n) is 14.0. The minimum absolute atomic E-state index is 0.00121. The van der Waals surface area contributed by atoms with E-state index in [0.717, 1.165) is 5.56 Å². The number of amides is 2. The summed E-state index contributed by atoms with van der Waals surface area (Å²) in [4.78, 5) is 25.4. The van der Waals surface area contributed by atoms with Gasteiger partial charge < -0.3 is 19.7 Å². The standard InChI is InChI=1S/C17H23ClN2O4/c1-20(2)17(22)11-24-15-7-8-23-10-14(15)19-16(21)9-12-3-5-13(18)6-4-12/h3-6,14-15H,7-11H2,1-2H3,(H,19,21)/t14-,15+/m0/s1. The number of hydrogen-bond donors (Lipinski definition) is 1. The van der Waals surface area contributed by atoms with Crippen LogP contribution in [0.5, 0.6) is 0 Å². The van der Waals surface area contributed by atoms with Gasteiger partial charge in [0, 0.05) is 25.7 Å². The van der Waals surface area contributed by atoms with Gasteiger partial charge in [-0.2, -0.15) is 0 Å². The molecule has 2 atom stereocenters. The Morgan fingerprint density at radius 3 is 2.71 bits per heavy atom. The van der Waals surface area contributed by atoms with E-state index in [-0.39, 0.29) is 37.0 Å². The van der Waals surface area contributed by atoms with Crippen molar-refractivity contribution in [1.82, 2.24) is 10.2 Å². The topological polar surface area (TPSA) is 67.9 Å². The van der Waals surface area contributed by atoms with E-state index >= 15 is 0 Å². The van der Waals surface area contributed by atoms with E-state index in [9.17, 15) is 9.59 Å². The monoisotopic (exact) mass is 354 g/mol. The summed E-state index contributed by atoms with van der Waals surface area (Å²) in [5, 5.41) is 3.58. The number of halogens is 1. The number of nitrogens with one attached hydrogen (secondary N) is 1. The van der Waals surface area contributed by atoms with Gasteiger partial charge in [0.15, 0.2) is 0 Å². The number of carbonyl (C=O) groups excluding carboxylic acids is 2. The Balaban J connectivity index is 1.86. The van der Waals surface area contributed by atoms with Gasteiger partial charge in [-0.05, 0) is 24.1 Å². The molecule has 2 rings (SSSR count). The fourth-order valence-electron chi connectivity index (χ4n) is 2.41. The summed E-state index contributed by atoms with van der Waals surface area (Å²) in [5.41, 5.74) is 0.883. The Kier molecular flexibility index (Phi) is 7.02. The van der Waals surface area contributed by atoms with E-state index in [0.29, 0.717) is 24.7 Å². The molecule has 1 aromatic rings. The second-order valence-corrected chi connectivity index (χ2v) is 6.41. The van der Waals surface area contributed by atoms with Gasteiger partial charge in [0.1, 0.15) is 6.61 Å². The molecule has 24 heavy (non-hydrogen) atoms. The number of carbonyl (C=O) groups is 2. The van der Waals surface area contributed by atoms with Gasteiger partial charge in [-0.15, -0.1) is 0 Å². The van der Waals surface area contributed by atoms with Crippen molar-refractivity contribution in [1.29, 1.82) is 0 Å². The molecule has 1 aliphatic heterocycles. The van der Waals surface area contributed by atoms with Crippen LogP contribution in [-0.2, 0) is 25.5 Å². The van der Waals surface area contributed by atoms with E-state index in [1.165, 1.54) is 4.90 Å². The van der Waals surface area contributed by atoms with Gasteiger partial charge in [0.2, 0.25) is 11.8 Å². The normalized spacial score (nSPS) is 20.5. The van der Waals surface area contributed by atoms with Crippen LogP contribution >= 0.6 is 11.6 Å². The molecule has 0 aromatic heterocycles. The minimum Gasteiger partial charge on any atom is -0.379 e. The SMILES string of the molecule is CN(C)C(=O)CO[C@@H]1CCOC[C@@H]1NC(=O)Cc1ccc(Cl)cc1. The van der Waals surface area contributed by atoms with Gasteiger partial charge in [-0.3, -0.25) is 9.59 Å². The first-order chi connectivity index (χ1) is 11.5. The molecule has 0 saturated carbocycles. The van der Waals surface area contributed by atoms with E-state index in [4.69, 9.17) is 21.1 Å². The summed E-state index contributed by atoms with van der Waals surface area (Å²) >= 11 is 5.84. The largest absolute Gasteiger partial charge is 0.379 e. The maximum atomic E-state index is 12.2. The number of nitrogens with zero attached hydrogens (tertiary/aromatic N) is 1. The zero-order chi connectivity index (χ0) is 17.5. The number of benzene rings is 1. The van der Waals surface area contributed by atoms with E-state index in [2.05, 4.69) is 5.32 Å². The summed E-state index contributed by atoms with van der Waals surface area (Å²) in [6.07, 6.45) is 0.681. The highest BCUT2D eigenvalue weighted by atomic mass is 35.5.